The van der Waals surface area contributed by atoms with Gasteiger partial charge in [0.15, 0.2) is 5.13 Å². The van der Waals surface area contributed by atoms with Crippen molar-refractivity contribution in [3.8, 4) is 0 Å². The quantitative estimate of drug-likeness (QED) is 0.918. The number of aromatic nitrogens is 1. The SMILES string of the molecule is CN1CCc2nc(NC(=O)c3ccsc3)sc2C1. The van der Waals surface area contributed by atoms with Gasteiger partial charge in [-0.15, -0.1) is 11.3 Å². The molecule has 2 aromatic heterocycles. The molecule has 0 radical (unpaired) electrons. The zero-order valence-electron chi connectivity index (χ0n) is 9.97. The smallest absolute Gasteiger partial charge is 0.258 e. The third-order valence-electron chi connectivity index (χ3n) is 2.93. The first-order chi connectivity index (χ1) is 8.72. The molecule has 0 saturated heterocycles. The van der Waals surface area contributed by atoms with Gasteiger partial charge in [-0.3, -0.25) is 10.1 Å². The Kier molecular flexibility index (Phi) is 3.15. The topological polar surface area (TPSA) is 45.2 Å². The van der Waals surface area contributed by atoms with Gasteiger partial charge in [-0.1, -0.05) is 0 Å². The van der Waals surface area contributed by atoms with E-state index in [0.717, 1.165) is 25.2 Å². The fourth-order valence-electron chi connectivity index (χ4n) is 1.94. The van der Waals surface area contributed by atoms with E-state index in [0.29, 0.717) is 10.7 Å². The fraction of sp³-hybridized carbons (Fsp3) is 0.333. The second-order valence-corrected chi connectivity index (χ2v) is 6.21. The number of rotatable bonds is 2. The van der Waals surface area contributed by atoms with E-state index in [2.05, 4.69) is 22.2 Å². The van der Waals surface area contributed by atoms with Gasteiger partial charge in [0.25, 0.3) is 5.91 Å². The number of nitrogens with zero attached hydrogens (tertiary/aromatic N) is 2. The van der Waals surface area contributed by atoms with Crippen molar-refractivity contribution in [3.63, 3.8) is 0 Å². The molecule has 0 fully saturated rings. The maximum absolute atomic E-state index is 11.9. The molecule has 1 aliphatic heterocycles. The number of anilines is 1. The highest BCUT2D eigenvalue weighted by Crippen LogP contribution is 2.28. The highest BCUT2D eigenvalue weighted by atomic mass is 32.1. The van der Waals surface area contributed by atoms with Gasteiger partial charge in [0.1, 0.15) is 0 Å². The standard InChI is InChI=1S/C12H13N3OS2/c1-15-4-2-9-10(6-15)18-12(13-9)14-11(16)8-3-5-17-7-8/h3,5,7H,2,4,6H2,1H3,(H,13,14,16). The number of carbonyl (C=O) groups is 1. The zero-order chi connectivity index (χ0) is 12.5. The van der Waals surface area contributed by atoms with E-state index in [4.69, 9.17) is 0 Å². The van der Waals surface area contributed by atoms with Crippen molar-refractivity contribution in [2.24, 2.45) is 0 Å². The molecule has 0 unspecified atom stereocenters. The third kappa shape index (κ3) is 2.31. The van der Waals surface area contributed by atoms with Crippen LogP contribution in [0.2, 0.25) is 0 Å². The number of thiophene rings is 1. The number of hydrogen-bond donors (Lipinski definition) is 1. The second-order valence-electron chi connectivity index (χ2n) is 4.34. The first-order valence-corrected chi connectivity index (χ1v) is 7.49. The van der Waals surface area contributed by atoms with Crippen molar-refractivity contribution in [2.45, 2.75) is 13.0 Å². The number of hydrogen-bond acceptors (Lipinski definition) is 5. The van der Waals surface area contributed by atoms with Crippen LogP contribution in [0.3, 0.4) is 0 Å². The van der Waals surface area contributed by atoms with Crippen LogP contribution in [-0.4, -0.2) is 29.4 Å². The van der Waals surface area contributed by atoms with Gasteiger partial charge in [-0.25, -0.2) is 4.98 Å². The summed E-state index contributed by atoms with van der Waals surface area (Å²) in [6, 6.07) is 1.82. The zero-order valence-corrected chi connectivity index (χ0v) is 11.6. The van der Waals surface area contributed by atoms with Crippen LogP contribution in [0.25, 0.3) is 0 Å². The Morgan fingerprint density at radius 3 is 3.22 bits per heavy atom. The minimum absolute atomic E-state index is 0.0734. The van der Waals surface area contributed by atoms with E-state index in [-0.39, 0.29) is 5.91 Å². The van der Waals surface area contributed by atoms with E-state index < -0.39 is 0 Å². The molecular formula is C12H13N3OS2. The van der Waals surface area contributed by atoms with Crippen LogP contribution in [-0.2, 0) is 13.0 Å². The maximum Gasteiger partial charge on any atom is 0.258 e. The highest BCUT2D eigenvalue weighted by molar-refractivity contribution is 7.16. The lowest BCUT2D eigenvalue weighted by molar-refractivity contribution is 0.102. The average molecular weight is 279 g/mol. The second kappa shape index (κ2) is 4.79. The lowest BCUT2D eigenvalue weighted by Gasteiger charge is -2.20. The van der Waals surface area contributed by atoms with Gasteiger partial charge >= 0.3 is 0 Å². The Morgan fingerprint density at radius 2 is 2.44 bits per heavy atom. The van der Waals surface area contributed by atoms with Gasteiger partial charge in [0, 0.05) is 29.8 Å². The summed E-state index contributed by atoms with van der Waals surface area (Å²) in [6.07, 6.45) is 0.969. The molecule has 0 aromatic carbocycles. The van der Waals surface area contributed by atoms with Crippen LogP contribution in [0.15, 0.2) is 16.8 Å². The summed E-state index contributed by atoms with van der Waals surface area (Å²) in [7, 11) is 2.10. The normalized spacial score (nSPS) is 15.4. The Bertz CT molecular complexity index is 562. The van der Waals surface area contributed by atoms with E-state index in [1.165, 1.54) is 16.2 Å². The molecule has 6 heteroatoms. The Balaban J connectivity index is 1.76. The molecule has 94 valence electrons. The molecule has 0 spiro atoms. The largest absolute Gasteiger partial charge is 0.301 e. The van der Waals surface area contributed by atoms with Crippen LogP contribution in [0.5, 0.6) is 0 Å². The molecule has 4 nitrogen and oxygen atoms in total. The lowest BCUT2D eigenvalue weighted by Crippen LogP contribution is -2.25. The van der Waals surface area contributed by atoms with Crippen LogP contribution in [0, 0.1) is 0 Å². The summed E-state index contributed by atoms with van der Waals surface area (Å²) in [5.74, 6) is -0.0734. The molecule has 0 saturated carbocycles. The molecule has 0 bridgehead atoms. The average Bonchev–Trinajstić information content (AvgIpc) is 2.95. The molecular weight excluding hydrogens is 266 g/mol. The molecule has 18 heavy (non-hydrogen) atoms. The summed E-state index contributed by atoms with van der Waals surface area (Å²) in [5.41, 5.74) is 1.84. The van der Waals surface area contributed by atoms with E-state index >= 15 is 0 Å². The van der Waals surface area contributed by atoms with Crippen molar-refractivity contribution < 1.29 is 4.79 Å². The van der Waals surface area contributed by atoms with Crippen LogP contribution in [0.1, 0.15) is 20.9 Å². The third-order valence-corrected chi connectivity index (χ3v) is 4.61. The number of carbonyl (C=O) groups excluding carboxylic acids is 1. The Morgan fingerprint density at radius 1 is 1.56 bits per heavy atom. The molecule has 1 amide bonds. The van der Waals surface area contributed by atoms with E-state index in [1.807, 2.05) is 16.8 Å². The van der Waals surface area contributed by atoms with Crippen LogP contribution >= 0.6 is 22.7 Å². The summed E-state index contributed by atoms with van der Waals surface area (Å²) in [4.78, 5) is 19.9. The summed E-state index contributed by atoms with van der Waals surface area (Å²) in [5, 5.41) is 7.33. The van der Waals surface area contributed by atoms with Crippen molar-refractivity contribution in [2.75, 3.05) is 18.9 Å². The summed E-state index contributed by atoms with van der Waals surface area (Å²) in [6.45, 7) is 1.97. The maximum atomic E-state index is 11.9. The number of nitrogens with one attached hydrogen (secondary N) is 1. The Labute approximate surface area is 113 Å². The molecule has 3 rings (SSSR count). The van der Waals surface area contributed by atoms with Gasteiger partial charge in [0.2, 0.25) is 0 Å². The molecule has 1 N–H and O–H groups in total. The molecule has 0 aliphatic carbocycles. The van der Waals surface area contributed by atoms with E-state index in [9.17, 15) is 4.79 Å². The van der Waals surface area contributed by atoms with Crippen molar-refractivity contribution in [1.82, 2.24) is 9.88 Å². The number of amides is 1. The first-order valence-electron chi connectivity index (χ1n) is 5.73. The summed E-state index contributed by atoms with van der Waals surface area (Å²) >= 11 is 3.10. The highest BCUT2D eigenvalue weighted by Gasteiger charge is 2.19. The number of thiazole rings is 1. The van der Waals surface area contributed by atoms with Crippen molar-refractivity contribution >= 4 is 33.7 Å². The lowest BCUT2D eigenvalue weighted by atomic mass is 10.2. The van der Waals surface area contributed by atoms with E-state index in [1.54, 1.807) is 11.3 Å². The predicted octanol–water partition coefficient (Wildman–Crippen LogP) is 2.44. The fourth-order valence-corrected chi connectivity index (χ4v) is 3.66. The van der Waals surface area contributed by atoms with Crippen LogP contribution < -0.4 is 5.32 Å². The van der Waals surface area contributed by atoms with Crippen LogP contribution in [0.4, 0.5) is 5.13 Å². The molecule has 0 atom stereocenters. The molecule has 3 heterocycles. The van der Waals surface area contributed by atoms with Crippen molar-refractivity contribution in [1.29, 1.82) is 0 Å². The van der Waals surface area contributed by atoms with Gasteiger partial charge in [0.05, 0.1) is 11.3 Å². The van der Waals surface area contributed by atoms with Gasteiger partial charge in [-0.05, 0) is 18.5 Å². The molecule has 1 aliphatic rings. The first kappa shape index (κ1) is 11.8. The number of fused-ring (bicyclic) bond motifs is 1. The number of likely N-dealkylation sites (N-methyl/N-ethyl adjacent to an activating group) is 1. The minimum Gasteiger partial charge on any atom is -0.301 e. The van der Waals surface area contributed by atoms with Gasteiger partial charge in [-0.2, -0.15) is 11.3 Å². The predicted molar refractivity (Wildman–Crippen MR) is 74.4 cm³/mol. The van der Waals surface area contributed by atoms with Crippen molar-refractivity contribution in [3.05, 3.63) is 33.0 Å². The summed E-state index contributed by atoms with van der Waals surface area (Å²) < 4.78 is 0. The van der Waals surface area contributed by atoms with Gasteiger partial charge < -0.3 is 4.90 Å². The minimum atomic E-state index is -0.0734. The monoisotopic (exact) mass is 279 g/mol. The molecule has 2 aromatic rings. The Hall–Kier alpha value is -1.24.